The van der Waals surface area contributed by atoms with Gasteiger partial charge in [0.1, 0.15) is 0 Å². The highest BCUT2D eigenvalue weighted by atomic mass is 16.5. The van der Waals surface area contributed by atoms with E-state index in [1.165, 1.54) is 12.8 Å². The van der Waals surface area contributed by atoms with Gasteiger partial charge in [0.2, 0.25) is 0 Å². The first-order valence-electron chi connectivity index (χ1n) is 7.71. The Bertz CT molecular complexity index is 466. The molecular weight excluding hydrogens is 264 g/mol. The number of benzene rings is 1. The molecule has 4 nitrogen and oxygen atoms in total. The van der Waals surface area contributed by atoms with Crippen molar-refractivity contribution in [2.45, 2.75) is 38.8 Å². The van der Waals surface area contributed by atoms with Gasteiger partial charge in [0.15, 0.2) is 11.5 Å². The second kappa shape index (κ2) is 6.67. The lowest BCUT2D eigenvalue weighted by Crippen LogP contribution is -2.57. The van der Waals surface area contributed by atoms with Crippen molar-refractivity contribution in [3.8, 4) is 11.5 Å². The summed E-state index contributed by atoms with van der Waals surface area (Å²) < 4.78 is 10.9. The minimum atomic E-state index is -0.361. The normalized spacial score (nSPS) is 20.0. The standard InChI is InChI=1S/C17H28N2O2/c1-13-8-10-19(11-9-13)17(2,18)12-14-6-5-7-15(20-3)16(14)21-4/h5-7,13H,8-12,18H2,1-4H3. The van der Waals surface area contributed by atoms with Crippen molar-refractivity contribution in [2.24, 2.45) is 11.7 Å². The quantitative estimate of drug-likeness (QED) is 0.906. The lowest BCUT2D eigenvalue weighted by Gasteiger charge is -2.42. The maximum absolute atomic E-state index is 6.61. The Balaban J connectivity index is 2.16. The molecule has 0 saturated carbocycles. The van der Waals surface area contributed by atoms with Gasteiger partial charge in [-0.2, -0.15) is 0 Å². The maximum atomic E-state index is 6.61. The van der Waals surface area contributed by atoms with Gasteiger partial charge < -0.3 is 15.2 Å². The van der Waals surface area contributed by atoms with Crippen LogP contribution in [0.3, 0.4) is 0 Å². The molecule has 1 atom stereocenters. The summed E-state index contributed by atoms with van der Waals surface area (Å²) >= 11 is 0. The summed E-state index contributed by atoms with van der Waals surface area (Å²) in [6, 6.07) is 5.98. The highest BCUT2D eigenvalue weighted by Crippen LogP contribution is 2.33. The molecule has 1 fully saturated rings. The van der Waals surface area contributed by atoms with E-state index in [-0.39, 0.29) is 5.66 Å². The van der Waals surface area contributed by atoms with Crippen LogP contribution in [0, 0.1) is 5.92 Å². The van der Waals surface area contributed by atoms with Gasteiger partial charge in [0, 0.05) is 25.1 Å². The van der Waals surface area contributed by atoms with E-state index in [4.69, 9.17) is 15.2 Å². The zero-order valence-electron chi connectivity index (χ0n) is 13.7. The molecule has 1 aromatic rings. The van der Waals surface area contributed by atoms with E-state index in [2.05, 4.69) is 24.8 Å². The Labute approximate surface area is 128 Å². The third-order valence-corrected chi connectivity index (χ3v) is 4.54. The summed E-state index contributed by atoms with van der Waals surface area (Å²) in [6.07, 6.45) is 3.20. The van der Waals surface area contributed by atoms with Gasteiger partial charge in [-0.25, -0.2) is 0 Å². The van der Waals surface area contributed by atoms with E-state index in [1.807, 2.05) is 12.1 Å². The average Bonchev–Trinajstić information content (AvgIpc) is 2.47. The fourth-order valence-electron chi connectivity index (χ4n) is 3.11. The molecule has 0 aliphatic carbocycles. The molecule has 4 heteroatoms. The van der Waals surface area contributed by atoms with Crippen molar-refractivity contribution in [3.63, 3.8) is 0 Å². The van der Waals surface area contributed by atoms with Crippen molar-refractivity contribution >= 4 is 0 Å². The summed E-state index contributed by atoms with van der Waals surface area (Å²) in [7, 11) is 3.34. The van der Waals surface area contributed by atoms with Crippen molar-refractivity contribution < 1.29 is 9.47 Å². The molecule has 1 unspecified atom stereocenters. The van der Waals surface area contributed by atoms with Crippen LogP contribution < -0.4 is 15.2 Å². The maximum Gasteiger partial charge on any atom is 0.164 e. The second-order valence-electron chi connectivity index (χ2n) is 6.36. The van der Waals surface area contributed by atoms with Crippen molar-refractivity contribution in [1.82, 2.24) is 4.90 Å². The molecule has 0 amide bonds. The number of rotatable bonds is 5. The third kappa shape index (κ3) is 3.69. The highest BCUT2D eigenvalue weighted by Gasteiger charge is 2.31. The summed E-state index contributed by atoms with van der Waals surface area (Å²) in [5.74, 6) is 2.36. The van der Waals surface area contributed by atoms with E-state index in [1.54, 1.807) is 14.2 Å². The molecular formula is C17H28N2O2. The van der Waals surface area contributed by atoms with Gasteiger partial charge in [0.25, 0.3) is 0 Å². The topological polar surface area (TPSA) is 47.7 Å². The van der Waals surface area contributed by atoms with Crippen molar-refractivity contribution in [3.05, 3.63) is 23.8 Å². The Morgan fingerprint density at radius 2 is 1.90 bits per heavy atom. The molecule has 1 heterocycles. The minimum absolute atomic E-state index is 0.361. The van der Waals surface area contributed by atoms with Crippen LogP contribution in [-0.2, 0) is 6.42 Å². The zero-order chi connectivity index (χ0) is 15.5. The van der Waals surface area contributed by atoms with E-state index in [0.717, 1.165) is 42.5 Å². The molecule has 1 aliphatic heterocycles. The SMILES string of the molecule is COc1cccc(CC(C)(N)N2CCC(C)CC2)c1OC. The fourth-order valence-corrected chi connectivity index (χ4v) is 3.11. The molecule has 0 aromatic heterocycles. The molecule has 0 radical (unpaired) electrons. The lowest BCUT2D eigenvalue weighted by atomic mass is 9.93. The Morgan fingerprint density at radius 1 is 1.24 bits per heavy atom. The number of para-hydroxylation sites is 1. The highest BCUT2D eigenvalue weighted by molar-refractivity contribution is 5.47. The van der Waals surface area contributed by atoms with E-state index in [0.29, 0.717) is 0 Å². The third-order valence-electron chi connectivity index (χ3n) is 4.54. The monoisotopic (exact) mass is 292 g/mol. The van der Waals surface area contributed by atoms with E-state index >= 15 is 0 Å². The van der Waals surface area contributed by atoms with Crippen LogP contribution in [0.25, 0.3) is 0 Å². The Kier molecular flexibility index (Phi) is 5.12. The minimum Gasteiger partial charge on any atom is -0.493 e. The van der Waals surface area contributed by atoms with Crippen molar-refractivity contribution in [1.29, 1.82) is 0 Å². The van der Waals surface area contributed by atoms with Crippen LogP contribution >= 0.6 is 0 Å². The Hall–Kier alpha value is -1.26. The number of ether oxygens (including phenoxy) is 2. The molecule has 1 aliphatic rings. The molecule has 118 valence electrons. The number of nitrogens with zero attached hydrogens (tertiary/aromatic N) is 1. The lowest BCUT2D eigenvalue weighted by molar-refractivity contribution is 0.0690. The van der Waals surface area contributed by atoms with Crippen LogP contribution in [0.1, 0.15) is 32.3 Å². The van der Waals surface area contributed by atoms with Crippen LogP contribution in [0.5, 0.6) is 11.5 Å². The first kappa shape index (κ1) is 16.1. The van der Waals surface area contributed by atoms with Gasteiger partial charge in [0.05, 0.1) is 19.9 Å². The van der Waals surface area contributed by atoms with Crippen LogP contribution in [0.2, 0.25) is 0 Å². The first-order valence-corrected chi connectivity index (χ1v) is 7.71. The largest absolute Gasteiger partial charge is 0.493 e. The summed E-state index contributed by atoms with van der Waals surface area (Å²) in [5.41, 5.74) is 7.35. The molecule has 1 aromatic carbocycles. The fraction of sp³-hybridized carbons (Fsp3) is 0.647. The van der Waals surface area contributed by atoms with Crippen LogP contribution in [-0.4, -0.2) is 37.9 Å². The van der Waals surface area contributed by atoms with E-state index in [9.17, 15) is 0 Å². The molecule has 1 saturated heterocycles. The summed E-state index contributed by atoms with van der Waals surface area (Å²) in [5, 5.41) is 0. The van der Waals surface area contributed by atoms with Crippen LogP contribution in [0.4, 0.5) is 0 Å². The van der Waals surface area contributed by atoms with Gasteiger partial charge in [-0.3, -0.25) is 4.90 Å². The number of methoxy groups -OCH3 is 2. The van der Waals surface area contributed by atoms with Gasteiger partial charge in [-0.1, -0.05) is 19.1 Å². The number of likely N-dealkylation sites (tertiary alicyclic amines) is 1. The number of hydrogen-bond acceptors (Lipinski definition) is 4. The van der Waals surface area contributed by atoms with Crippen molar-refractivity contribution in [2.75, 3.05) is 27.3 Å². The second-order valence-corrected chi connectivity index (χ2v) is 6.36. The Morgan fingerprint density at radius 3 is 2.48 bits per heavy atom. The molecule has 2 rings (SSSR count). The molecule has 0 bridgehead atoms. The number of piperidine rings is 1. The zero-order valence-corrected chi connectivity index (χ0v) is 13.7. The number of nitrogens with two attached hydrogens (primary N) is 1. The van der Waals surface area contributed by atoms with Gasteiger partial charge in [-0.05, 0) is 31.7 Å². The number of hydrogen-bond donors (Lipinski definition) is 1. The van der Waals surface area contributed by atoms with Gasteiger partial charge in [-0.15, -0.1) is 0 Å². The predicted octanol–water partition coefficient (Wildman–Crippen LogP) is 2.65. The first-order chi connectivity index (χ1) is 9.97. The van der Waals surface area contributed by atoms with Crippen LogP contribution in [0.15, 0.2) is 18.2 Å². The average molecular weight is 292 g/mol. The predicted molar refractivity (Wildman–Crippen MR) is 85.8 cm³/mol. The summed E-state index contributed by atoms with van der Waals surface area (Å²) in [6.45, 7) is 6.57. The van der Waals surface area contributed by atoms with E-state index < -0.39 is 0 Å². The van der Waals surface area contributed by atoms with Gasteiger partial charge >= 0.3 is 0 Å². The molecule has 0 spiro atoms. The molecule has 2 N–H and O–H groups in total. The molecule has 21 heavy (non-hydrogen) atoms. The summed E-state index contributed by atoms with van der Waals surface area (Å²) in [4.78, 5) is 2.39. The smallest absolute Gasteiger partial charge is 0.164 e.